The zero-order valence-electron chi connectivity index (χ0n) is 16.4. The maximum absolute atomic E-state index is 12.5. The molecule has 154 valence electrons. The molecule has 0 unspecified atom stereocenters. The average Bonchev–Trinajstić information content (AvgIpc) is 2.77. The first-order valence-electron chi connectivity index (χ1n) is 9.14. The summed E-state index contributed by atoms with van der Waals surface area (Å²) in [4.78, 5) is 26.8. The monoisotopic (exact) mass is 401 g/mol. The molecule has 2 aromatic carbocycles. The predicted molar refractivity (Wildman–Crippen MR) is 107 cm³/mol. The number of rotatable bonds is 7. The van der Waals surface area contributed by atoms with E-state index in [2.05, 4.69) is 4.90 Å². The van der Waals surface area contributed by atoms with Gasteiger partial charge in [-0.2, -0.15) is 0 Å². The van der Waals surface area contributed by atoms with Crippen molar-refractivity contribution in [2.24, 2.45) is 0 Å². The van der Waals surface area contributed by atoms with Gasteiger partial charge in [-0.1, -0.05) is 12.1 Å². The van der Waals surface area contributed by atoms with E-state index in [1.807, 2.05) is 24.3 Å². The lowest BCUT2D eigenvalue weighted by Crippen LogP contribution is -2.50. The second kappa shape index (κ2) is 9.13. The minimum absolute atomic E-state index is 0.0883. The highest BCUT2D eigenvalue weighted by Crippen LogP contribution is 2.31. The molecular weight excluding hydrogens is 378 g/mol. The van der Waals surface area contributed by atoms with Crippen LogP contribution >= 0.6 is 0 Å². The Labute approximate surface area is 168 Å². The van der Waals surface area contributed by atoms with E-state index in [1.54, 1.807) is 12.0 Å². The number of ether oxygens (including phenoxy) is 3. The molecule has 0 bridgehead atoms. The van der Waals surface area contributed by atoms with Gasteiger partial charge < -0.3 is 24.0 Å². The van der Waals surface area contributed by atoms with E-state index < -0.39 is 4.92 Å². The minimum Gasteiger partial charge on any atom is -0.495 e. The first-order valence-corrected chi connectivity index (χ1v) is 9.14. The number of carbonyl (C=O) groups is 1. The molecule has 29 heavy (non-hydrogen) atoms. The molecule has 0 radical (unpaired) electrons. The van der Waals surface area contributed by atoms with Crippen LogP contribution in [0.25, 0.3) is 0 Å². The fraction of sp³-hybridized carbons (Fsp3) is 0.350. The Morgan fingerprint density at radius 3 is 2.38 bits per heavy atom. The van der Waals surface area contributed by atoms with E-state index in [9.17, 15) is 14.9 Å². The molecule has 0 aromatic heterocycles. The van der Waals surface area contributed by atoms with Gasteiger partial charge in [0.05, 0.1) is 24.8 Å². The van der Waals surface area contributed by atoms with Crippen LogP contribution in [0.2, 0.25) is 0 Å². The van der Waals surface area contributed by atoms with Gasteiger partial charge in [0, 0.05) is 38.3 Å². The number of methoxy groups -OCH3 is 2. The summed E-state index contributed by atoms with van der Waals surface area (Å²) in [6.45, 7) is 2.39. The minimum atomic E-state index is -0.533. The molecule has 3 rings (SSSR count). The van der Waals surface area contributed by atoms with Crippen molar-refractivity contribution in [3.8, 4) is 17.2 Å². The van der Waals surface area contributed by atoms with Crippen molar-refractivity contribution in [3.63, 3.8) is 0 Å². The van der Waals surface area contributed by atoms with Gasteiger partial charge in [-0.15, -0.1) is 0 Å². The lowest BCUT2D eigenvalue weighted by atomic mass is 10.2. The summed E-state index contributed by atoms with van der Waals surface area (Å²) in [6.07, 6.45) is 0. The quantitative estimate of drug-likeness (QED) is 0.519. The lowest BCUT2D eigenvalue weighted by Gasteiger charge is -2.36. The molecular formula is C20H23N3O6. The summed E-state index contributed by atoms with van der Waals surface area (Å²) >= 11 is 0. The topological polar surface area (TPSA) is 94.4 Å². The third kappa shape index (κ3) is 4.68. The van der Waals surface area contributed by atoms with Crippen molar-refractivity contribution >= 4 is 17.3 Å². The van der Waals surface area contributed by atoms with Gasteiger partial charge in [0.2, 0.25) is 5.75 Å². The second-order valence-electron chi connectivity index (χ2n) is 6.42. The van der Waals surface area contributed by atoms with Crippen LogP contribution in [0.4, 0.5) is 11.4 Å². The van der Waals surface area contributed by atoms with Crippen LogP contribution in [0.3, 0.4) is 0 Å². The molecule has 1 amide bonds. The van der Waals surface area contributed by atoms with Crippen LogP contribution in [-0.2, 0) is 4.79 Å². The van der Waals surface area contributed by atoms with E-state index in [0.29, 0.717) is 31.9 Å². The van der Waals surface area contributed by atoms with Crippen molar-refractivity contribution < 1.29 is 23.9 Å². The summed E-state index contributed by atoms with van der Waals surface area (Å²) in [5, 5.41) is 10.9. The number of carbonyl (C=O) groups excluding carboxylic acids is 1. The van der Waals surface area contributed by atoms with Crippen molar-refractivity contribution in [2.75, 3.05) is 51.9 Å². The number of hydrogen-bond acceptors (Lipinski definition) is 7. The first kappa shape index (κ1) is 20.2. The van der Waals surface area contributed by atoms with Gasteiger partial charge >= 0.3 is 5.69 Å². The van der Waals surface area contributed by atoms with E-state index in [-0.39, 0.29) is 24.0 Å². The highest BCUT2D eigenvalue weighted by Gasteiger charge is 2.23. The van der Waals surface area contributed by atoms with Crippen LogP contribution < -0.4 is 19.1 Å². The molecule has 1 heterocycles. The highest BCUT2D eigenvalue weighted by molar-refractivity contribution is 5.78. The Morgan fingerprint density at radius 1 is 1.03 bits per heavy atom. The predicted octanol–water partition coefficient (Wildman–Crippen LogP) is 2.34. The molecule has 2 aromatic rings. The number of nitrogens with zero attached hydrogens (tertiary/aromatic N) is 3. The molecule has 0 saturated carbocycles. The second-order valence-corrected chi connectivity index (χ2v) is 6.42. The van der Waals surface area contributed by atoms with E-state index in [4.69, 9.17) is 14.2 Å². The summed E-state index contributed by atoms with van der Waals surface area (Å²) in [5.74, 6) is 1.10. The van der Waals surface area contributed by atoms with Gasteiger partial charge in [0.25, 0.3) is 5.91 Å². The van der Waals surface area contributed by atoms with Crippen LogP contribution in [0, 0.1) is 10.1 Å². The third-order valence-corrected chi connectivity index (χ3v) is 4.77. The lowest BCUT2D eigenvalue weighted by molar-refractivity contribution is -0.385. The molecule has 0 atom stereocenters. The maximum atomic E-state index is 12.5. The largest absolute Gasteiger partial charge is 0.495 e. The van der Waals surface area contributed by atoms with Crippen molar-refractivity contribution in [2.45, 2.75) is 0 Å². The third-order valence-electron chi connectivity index (χ3n) is 4.77. The summed E-state index contributed by atoms with van der Waals surface area (Å²) in [5.41, 5.74) is 0.856. The molecule has 0 spiro atoms. The molecule has 0 N–H and O–H groups in total. The smallest absolute Gasteiger partial charge is 0.311 e. The van der Waals surface area contributed by atoms with E-state index in [0.717, 1.165) is 11.4 Å². The van der Waals surface area contributed by atoms with Gasteiger partial charge in [-0.05, 0) is 18.2 Å². The number of amides is 1. The van der Waals surface area contributed by atoms with Crippen LogP contribution in [-0.4, -0.2) is 62.7 Å². The van der Waals surface area contributed by atoms with Crippen molar-refractivity contribution in [1.29, 1.82) is 0 Å². The molecule has 1 saturated heterocycles. The molecule has 9 heteroatoms. The van der Waals surface area contributed by atoms with Crippen LogP contribution in [0.5, 0.6) is 17.2 Å². The standard InChI is InChI=1S/C20H23N3O6/c1-27-18-6-4-3-5-16(18)21-9-11-22(12-10-21)20(24)14-29-15-7-8-17(23(25)26)19(13-15)28-2/h3-8,13H,9-12,14H2,1-2H3. The van der Waals surface area contributed by atoms with E-state index >= 15 is 0 Å². The van der Waals surface area contributed by atoms with Gasteiger partial charge in [-0.25, -0.2) is 0 Å². The molecule has 1 aliphatic heterocycles. The Bertz CT molecular complexity index is 880. The molecule has 0 aliphatic carbocycles. The molecule has 1 fully saturated rings. The number of nitro groups is 1. The Kier molecular flexibility index (Phi) is 6.38. The van der Waals surface area contributed by atoms with Crippen LogP contribution in [0.1, 0.15) is 0 Å². The van der Waals surface area contributed by atoms with Gasteiger partial charge in [0.1, 0.15) is 11.5 Å². The van der Waals surface area contributed by atoms with Crippen LogP contribution in [0.15, 0.2) is 42.5 Å². The van der Waals surface area contributed by atoms with Gasteiger partial charge in [-0.3, -0.25) is 14.9 Å². The molecule has 1 aliphatic rings. The summed E-state index contributed by atoms with van der Waals surface area (Å²) in [6, 6.07) is 12.0. The normalized spacial score (nSPS) is 13.7. The number of para-hydroxylation sites is 2. The Hall–Kier alpha value is -3.49. The maximum Gasteiger partial charge on any atom is 0.311 e. The Morgan fingerprint density at radius 2 is 1.72 bits per heavy atom. The number of hydrogen-bond donors (Lipinski definition) is 0. The molecule has 9 nitrogen and oxygen atoms in total. The van der Waals surface area contributed by atoms with Crippen molar-refractivity contribution in [3.05, 3.63) is 52.6 Å². The number of nitro benzene ring substituents is 1. The summed E-state index contributed by atoms with van der Waals surface area (Å²) < 4.78 is 15.9. The number of anilines is 1. The Balaban J connectivity index is 1.54. The van der Waals surface area contributed by atoms with E-state index in [1.165, 1.54) is 25.3 Å². The first-order chi connectivity index (χ1) is 14.0. The fourth-order valence-electron chi connectivity index (χ4n) is 3.22. The summed E-state index contributed by atoms with van der Waals surface area (Å²) in [7, 11) is 2.99. The average molecular weight is 401 g/mol. The zero-order valence-corrected chi connectivity index (χ0v) is 16.4. The highest BCUT2D eigenvalue weighted by atomic mass is 16.6. The number of benzene rings is 2. The number of piperazine rings is 1. The van der Waals surface area contributed by atoms with Gasteiger partial charge in [0.15, 0.2) is 6.61 Å². The fourth-order valence-corrected chi connectivity index (χ4v) is 3.22. The van der Waals surface area contributed by atoms with Crippen molar-refractivity contribution in [1.82, 2.24) is 4.90 Å². The SMILES string of the molecule is COc1ccccc1N1CCN(C(=O)COc2ccc([N+](=O)[O-])c(OC)c2)CC1. The zero-order chi connectivity index (χ0) is 20.8.